The van der Waals surface area contributed by atoms with Crippen LogP contribution in [-0.4, -0.2) is 16.1 Å². The van der Waals surface area contributed by atoms with Crippen LogP contribution in [0.15, 0.2) is 36.5 Å². The maximum Gasteiger partial charge on any atom is 0.337 e. The zero-order valence-corrected chi connectivity index (χ0v) is 17.6. The monoisotopic (exact) mass is 479 g/mol. The molecule has 1 N–H and O–H groups in total. The second-order valence-electron chi connectivity index (χ2n) is 5.42. The van der Waals surface area contributed by atoms with E-state index in [-0.39, 0.29) is 31.3 Å². The van der Waals surface area contributed by atoms with E-state index in [0.29, 0.717) is 26.7 Å². The summed E-state index contributed by atoms with van der Waals surface area (Å²) in [5, 5.41) is 11.1. The number of carboxylic acid groups (broad SMARTS) is 1. The number of rotatable bonds is 3. The Morgan fingerprint density at radius 1 is 0.778 bits per heavy atom. The number of halogens is 6. The number of hydrogen-bond donors (Lipinski definition) is 1. The Hall–Kier alpha value is -1.20. The topological polar surface area (TPSA) is 50.2 Å². The van der Waals surface area contributed by atoms with E-state index in [1.54, 1.807) is 6.07 Å². The quantitative estimate of drug-likeness (QED) is 0.385. The molecule has 0 spiro atoms. The van der Waals surface area contributed by atoms with E-state index < -0.39 is 5.97 Å². The lowest BCUT2D eigenvalue weighted by molar-refractivity contribution is 0.0697. The highest BCUT2D eigenvalue weighted by Gasteiger charge is 2.20. The molecule has 3 rings (SSSR count). The number of pyridine rings is 1. The molecule has 1 heterocycles. The summed E-state index contributed by atoms with van der Waals surface area (Å²) in [7, 11) is 0. The van der Waals surface area contributed by atoms with Gasteiger partial charge < -0.3 is 5.11 Å². The van der Waals surface area contributed by atoms with E-state index >= 15 is 0 Å². The first-order valence-corrected chi connectivity index (χ1v) is 9.49. The predicted octanol–water partition coefficient (Wildman–Crippen LogP) is 8.03. The smallest absolute Gasteiger partial charge is 0.337 e. The molecule has 3 aromatic rings. The van der Waals surface area contributed by atoms with Gasteiger partial charge in [-0.05, 0) is 30.3 Å². The molecule has 0 fully saturated rings. The normalized spacial score (nSPS) is 10.9. The molecule has 9 heteroatoms. The van der Waals surface area contributed by atoms with Gasteiger partial charge in [0.05, 0.1) is 31.3 Å². The van der Waals surface area contributed by atoms with E-state index in [9.17, 15) is 9.90 Å². The van der Waals surface area contributed by atoms with Gasteiger partial charge in [0.15, 0.2) is 0 Å². The molecule has 0 aliphatic heterocycles. The van der Waals surface area contributed by atoms with Crippen molar-refractivity contribution >= 4 is 75.6 Å². The van der Waals surface area contributed by atoms with Gasteiger partial charge in [0, 0.05) is 32.9 Å². The highest BCUT2D eigenvalue weighted by Crippen LogP contribution is 2.40. The van der Waals surface area contributed by atoms with Crippen LogP contribution in [0.25, 0.3) is 22.4 Å². The van der Waals surface area contributed by atoms with Crippen molar-refractivity contribution in [3.63, 3.8) is 0 Å². The molecule has 138 valence electrons. The number of carboxylic acids is 1. The van der Waals surface area contributed by atoms with Crippen molar-refractivity contribution in [2.75, 3.05) is 0 Å². The Bertz CT molecular complexity index is 1080. The molecule has 0 saturated carbocycles. The molecule has 27 heavy (non-hydrogen) atoms. The summed E-state index contributed by atoms with van der Waals surface area (Å²) in [6.45, 7) is 0. The minimum atomic E-state index is -1.21. The van der Waals surface area contributed by atoms with Crippen molar-refractivity contribution in [3.05, 3.63) is 72.2 Å². The third kappa shape index (κ3) is 4.14. The van der Waals surface area contributed by atoms with Crippen molar-refractivity contribution in [1.82, 2.24) is 4.98 Å². The zero-order valence-electron chi connectivity index (χ0n) is 13.0. The summed E-state index contributed by atoms with van der Waals surface area (Å²) < 4.78 is 0. The van der Waals surface area contributed by atoms with E-state index in [4.69, 9.17) is 69.6 Å². The number of carbonyl (C=O) groups is 1. The maximum absolute atomic E-state index is 11.8. The van der Waals surface area contributed by atoms with Crippen LogP contribution in [-0.2, 0) is 0 Å². The highest BCUT2D eigenvalue weighted by molar-refractivity contribution is 6.45. The van der Waals surface area contributed by atoms with E-state index in [1.165, 1.54) is 30.5 Å². The molecule has 0 atom stereocenters. The Labute approximate surface area is 184 Å². The van der Waals surface area contributed by atoms with Crippen molar-refractivity contribution < 1.29 is 9.90 Å². The van der Waals surface area contributed by atoms with Gasteiger partial charge in [0.1, 0.15) is 0 Å². The van der Waals surface area contributed by atoms with Crippen LogP contribution in [0.1, 0.15) is 10.4 Å². The third-order valence-electron chi connectivity index (χ3n) is 3.67. The molecule has 0 bridgehead atoms. The molecule has 0 aliphatic rings. The second-order valence-corrected chi connectivity index (χ2v) is 7.87. The standard InChI is InChI=1S/C18H7Cl6NO2/c19-8-2-10(15(23)13(21)4-8)7-1-12(18(26)27)17(25-6-7)11-3-9(20)5-14(22)16(11)24/h1-6H,(H,26,27). The lowest BCUT2D eigenvalue weighted by atomic mass is 10.0. The molecule has 0 amide bonds. The number of aromatic carboxylic acids is 1. The summed E-state index contributed by atoms with van der Waals surface area (Å²) in [6.07, 6.45) is 1.45. The van der Waals surface area contributed by atoms with Crippen molar-refractivity contribution in [2.45, 2.75) is 0 Å². The fourth-order valence-corrected chi connectivity index (χ4v) is 3.89. The number of hydrogen-bond acceptors (Lipinski definition) is 2. The van der Waals surface area contributed by atoms with Gasteiger partial charge in [-0.3, -0.25) is 4.98 Å². The summed E-state index contributed by atoms with van der Waals surface area (Å²) in [4.78, 5) is 16.1. The minimum Gasteiger partial charge on any atom is -0.478 e. The number of benzene rings is 2. The van der Waals surface area contributed by atoms with Gasteiger partial charge in [0.2, 0.25) is 0 Å². The van der Waals surface area contributed by atoms with Crippen LogP contribution < -0.4 is 0 Å². The van der Waals surface area contributed by atoms with Gasteiger partial charge in [-0.25, -0.2) is 4.79 Å². The van der Waals surface area contributed by atoms with Crippen LogP contribution in [0.3, 0.4) is 0 Å². The van der Waals surface area contributed by atoms with Gasteiger partial charge in [-0.15, -0.1) is 0 Å². The van der Waals surface area contributed by atoms with E-state index in [2.05, 4.69) is 4.98 Å². The average molecular weight is 482 g/mol. The molecule has 0 radical (unpaired) electrons. The molecule has 0 aliphatic carbocycles. The second kappa shape index (κ2) is 8.04. The first-order valence-electron chi connectivity index (χ1n) is 7.22. The molecule has 0 unspecified atom stereocenters. The van der Waals surface area contributed by atoms with Crippen molar-refractivity contribution in [1.29, 1.82) is 0 Å². The third-order valence-corrected chi connectivity index (χ3v) is 5.71. The fourth-order valence-electron chi connectivity index (χ4n) is 2.48. The zero-order chi connectivity index (χ0) is 19.9. The Morgan fingerprint density at radius 3 is 1.85 bits per heavy atom. The molecule has 2 aromatic carbocycles. The van der Waals surface area contributed by atoms with Crippen LogP contribution in [0, 0.1) is 0 Å². The van der Waals surface area contributed by atoms with Crippen LogP contribution in [0.5, 0.6) is 0 Å². The lowest BCUT2D eigenvalue weighted by Gasteiger charge is -2.12. The highest BCUT2D eigenvalue weighted by atomic mass is 35.5. The summed E-state index contributed by atoms with van der Waals surface area (Å²) >= 11 is 36.6. The maximum atomic E-state index is 11.8. The lowest BCUT2D eigenvalue weighted by Crippen LogP contribution is -2.03. The molecule has 0 saturated heterocycles. The van der Waals surface area contributed by atoms with E-state index in [1.807, 2.05) is 0 Å². The van der Waals surface area contributed by atoms with Crippen molar-refractivity contribution in [2.24, 2.45) is 0 Å². The Morgan fingerprint density at radius 2 is 1.30 bits per heavy atom. The average Bonchev–Trinajstić information content (AvgIpc) is 2.60. The van der Waals surface area contributed by atoms with Crippen LogP contribution in [0.2, 0.25) is 30.1 Å². The SMILES string of the molecule is O=C(O)c1cc(-c2cc(Cl)cc(Cl)c2Cl)cnc1-c1cc(Cl)cc(Cl)c1Cl. The molecular weight excluding hydrogens is 475 g/mol. The van der Waals surface area contributed by atoms with Gasteiger partial charge in [-0.2, -0.15) is 0 Å². The Balaban J connectivity index is 2.26. The summed E-state index contributed by atoms with van der Waals surface area (Å²) in [5.41, 5.74) is 1.18. The van der Waals surface area contributed by atoms with Gasteiger partial charge in [-0.1, -0.05) is 69.6 Å². The first-order chi connectivity index (χ1) is 12.7. The molecular formula is C18H7Cl6NO2. The minimum absolute atomic E-state index is 0.111. The first kappa shape index (κ1) is 20.5. The van der Waals surface area contributed by atoms with Crippen LogP contribution in [0.4, 0.5) is 0 Å². The van der Waals surface area contributed by atoms with Gasteiger partial charge in [0.25, 0.3) is 0 Å². The number of nitrogens with zero attached hydrogens (tertiary/aromatic N) is 1. The molecule has 1 aromatic heterocycles. The predicted molar refractivity (Wildman–Crippen MR) is 112 cm³/mol. The largest absolute Gasteiger partial charge is 0.478 e. The van der Waals surface area contributed by atoms with Crippen LogP contribution >= 0.6 is 69.6 Å². The summed E-state index contributed by atoms with van der Waals surface area (Å²) in [5.74, 6) is -1.21. The van der Waals surface area contributed by atoms with Crippen molar-refractivity contribution in [3.8, 4) is 22.4 Å². The summed E-state index contributed by atoms with van der Waals surface area (Å²) in [6, 6.07) is 7.42. The van der Waals surface area contributed by atoms with E-state index in [0.717, 1.165) is 0 Å². The fraction of sp³-hybridized carbons (Fsp3) is 0. The molecule has 3 nitrogen and oxygen atoms in total. The number of aromatic nitrogens is 1. The van der Waals surface area contributed by atoms with Gasteiger partial charge >= 0.3 is 5.97 Å². The Kier molecular flexibility index (Phi) is 6.11.